The van der Waals surface area contributed by atoms with E-state index in [1.54, 1.807) is 25.1 Å². The molecule has 2 aromatic carbocycles. The van der Waals surface area contributed by atoms with Crippen molar-refractivity contribution in [3.05, 3.63) is 77.3 Å². The maximum Gasteiger partial charge on any atom is 0.244 e. The molecule has 5 nitrogen and oxygen atoms in total. The third-order valence-electron chi connectivity index (χ3n) is 4.24. The van der Waals surface area contributed by atoms with Crippen molar-refractivity contribution >= 4 is 17.8 Å². The molecule has 0 saturated carbocycles. The minimum atomic E-state index is -0.371. The highest BCUT2D eigenvalue weighted by molar-refractivity contribution is 5.92. The first-order chi connectivity index (χ1) is 13.0. The predicted octanol–water partition coefficient (Wildman–Crippen LogP) is 4.26. The zero-order valence-corrected chi connectivity index (χ0v) is 15.1. The summed E-state index contributed by atoms with van der Waals surface area (Å²) in [4.78, 5) is 12.2. The van der Waals surface area contributed by atoms with Crippen LogP contribution in [0.4, 0.5) is 10.2 Å². The number of hydrogen-bond acceptors (Lipinski definition) is 4. The zero-order valence-electron chi connectivity index (χ0n) is 15.1. The van der Waals surface area contributed by atoms with E-state index >= 15 is 0 Å². The second kappa shape index (κ2) is 7.86. The number of anilines is 1. The molecule has 6 heteroatoms. The molecule has 1 heterocycles. The van der Waals surface area contributed by atoms with Crippen molar-refractivity contribution in [1.29, 1.82) is 0 Å². The molecule has 0 aliphatic carbocycles. The van der Waals surface area contributed by atoms with E-state index in [1.165, 1.54) is 18.2 Å². The standard InChI is InChI=1S/C21H20FN3O2/c1-13(24-19(26)11-10-15-6-3-4-9-18(15)22)16-7-5-8-17(12-16)20-14(2)27-25-21(20)23/h3-13H,1-2H3,(H2,23,25)(H,24,26). The number of nitrogen functional groups attached to an aromatic ring is 1. The largest absolute Gasteiger partial charge is 0.380 e. The lowest BCUT2D eigenvalue weighted by molar-refractivity contribution is -0.117. The van der Waals surface area contributed by atoms with Gasteiger partial charge in [0.25, 0.3) is 0 Å². The average Bonchev–Trinajstić information content (AvgIpc) is 2.99. The first-order valence-electron chi connectivity index (χ1n) is 8.51. The number of carbonyl (C=O) groups is 1. The van der Waals surface area contributed by atoms with Crippen LogP contribution in [-0.2, 0) is 4.79 Å². The lowest BCUT2D eigenvalue weighted by Gasteiger charge is -2.14. The third kappa shape index (κ3) is 4.23. The summed E-state index contributed by atoms with van der Waals surface area (Å²) in [5.41, 5.74) is 8.75. The fourth-order valence-corrected chi connectivity index (χ4v) is 2.82. The van der Waals surface area contributed by atoms with Gasteiger partial charge in [-0.05, 0) is 43.2 Å². The molecular formula is C21H20FN3O2. The van der Waals surface area contributed by atoms with E-state index in [9.17, 15) is 9.18 Å². The van der Waals surface area contributed by atoms with Crippen LogP contribution in [0.5, 0.6) is 0 Å². The summed E-state index contributed by atoms with van der Waals surface area (Å²) in [7, 11) is 0. The Kier molecular flexibility index (Phi) is 5.35. The van der Waals surface area contributed by atoms with Crippen LogP contribution in [0.3, 0.4) is 0 Å². The number of rotatable bonds is 5. The van der Waals surface area contributed by atoms with Crippen LogP contribution < -0.4 is 11.1 Å². The Morgan fingerprint density at radius 1 is 1.26 bits per heavy atom. The quantitative estimate of drug-likeness (QED) is 0.662. The summed E-state index contributed by atoms with van der Waals surface area (Å²) in [6.45, 7) is 3.67. The Morgan fingerprint density at radius 3 is 2.74 bits per heavy atom. The minimum Gasteiger partial charge on any atom is -0.380 e. The van der Waals surface area contributed by atoms with Gasteiger partial charge in [-0.25, -0.2) is 4.39 Å². The van der Waals surface area contributed by atoms with Crippen LogP contribution in [-0.4, -0.2) is 11.1 Å². The molecule has 138 valence electrons. The Hall–Kier alpha value is -3.41. The molecule has 3 aromatic rings. The van der Waals surface area contributed by atoms with Crippen molar-refractivity contribution in [3.8, 4) is 11.1 Å². The van der Waals surface area contributed by atoms with Gasteiger partial charge in [-0.1, -0.05) is 41.6 Å². The van der Waals surface area contributed by atoms with Crippen LogP contribution in [0, 0.1) is 12.7 Å². The highest BCUT2D eigenvalue weighted by Gasteiger charge is 2.14. The second-order valence-electron chi connectivity index (χ2n) is 6.21. The topological polar surface area (TPSA) is 81.2 Å². The Morgan fingerprint density at radius 2 is 2.04 bits per heavy atom. The highest BCUT2D eigenvalue weighted by atomic mass is 19.1. The summed E-state index contributed by atoms with van der Waals surface area (Å²) in [6, 6.07) is 13.7. The number of nitrogens with two attached hydrogens (primary N) is 1. The van der Waals surface area contributed by atoms with Crippen LogP contribution in [0.1, 0.15) is 29.9 Å². The third-order valence-corrected chi connectivity index (χ3v) is 4.24. The molecule has 0 aliphatic heterocycles. The lowest BCUT2D eigenvalue weighted by Crippen LogP contribution is -2.24. The molecule has 1 atom stereocenters. The van der Waals surface area contributed by atoms with Crippen LogP contribution >= 0.6 is 0 Å². The number of nitrogens with zero attached hydrogens (tertiary/aromatic N) is 1. The van der Waals surface area contributed by atoms with E-state index in [0.717, 1.165) is 16.7 Å². The molecule has 0 bridgehead atoms. The van der Waals surface area contributed by atoms with E-state index in [-0.39, 0.29) is 17.8 Å². The number of benzene rings is 2. The molecule has 0 aliphatic rings. The first-order valence-corrected chi connectivity index (χ1v) is 8.51. The van der Waals surface area contributed by atoms with Crippen LogP contribution in [0.2, 0.25) is 0 Å². The van der Waals surface area contributed by atoms with Crippen molar-refractivity contribution < 1.29 is 13.7 Å². The van der Waals surface area contributed by atoms with Crippen molar-refractivity contribution in [1.82, 2.24) is 10.5 Å². The number of aryl methyl sites for hydroxylation is 1. The zero-order chi connectivity index (χ0) is 19.4. The number of amides is 1. The summed E-state index contributed by atoms with van der Waals surface area (Å²) < 4.78 is 18.7. The number of carbonyl (C=O) groups excluding carboxylic acids is 1. The summed E-state index contributed by atoms with van der Waals surface area (Å²) in [5, 5.41) is 6.64. The lowest BCUT2D eigenvalue weighted by atomic mass is 10.00. The minimum absolute atomic E-state index is 0.246. The summed E-state index contributed by atoms with van der Waals surface area (Å²) >= 11 is 0. The van der Waals surface area contributed by atoms with Gasteiger partial charge in [0.2, 0.25) is 5.91 Å². The molecule has 1 unspecified atom stereocenters. The number of nitrogens with one attached hydrogen (secondary N) is 1. The molecule has 3 rings (SSSR count). The summed E-state index contributed by atoms with van der Waals surface area (Å²) in [6.07, 6.45) is 2.77. The van der Waals surface area contributed by atoms with E-state index in [4.69, 9.17) is 10.3 Å². The van der Waals surface area contributed by atoms with Gasteiger partial charge in [-0.2, -0.15) is 0 Å². The normalized spacial score (nSPS) is 12.3. The van der Waals surface area contributed by atoms with Gasteiger partial charge < -0.3 is 15.6 Å². The Labute approximate surface area is 156 Å². The molecule has 3 N–H and O–H groups in total. The molecule has 27 heavy (non-hydrogen) atoms. The second-order valence-corrected chi connectivity index (χ2v) is 6.21. The maximum absolute atomic E-state index is 13.6. The number of halogens is 1. The van der Waals surface area contributed by atoms with E-state index < -0.39 is 0 Å². The Bertz CT molecular complexity index is 975. The molecule has 0 radical (unpaired) electrons. The Balaban J connectivity index is 1.73. The van der Waals surface area contributed by atoms with Crippen LogP contribution in [0.25, 0.3) is 17.2 Å². The van der Waals surface area contributed by atoms with E-state index in [2.05, 4.69) is 10.5 Å². The van der Waals surface area contributed by atoms with E-state index in [1.807, 2.05) is 31.2 Å². The van der Waals surface area contributed by atoms with Crippen molar-refractivity contribution in [2.75, 3.05) is 5.73 Å². The molecule has 0 fully saturated rings. The monoisotopic (exact) mass is 365 g/mol. The molecule has 0 saturated heterocycles. The van der Waals surface area contributed by atoms with Crippen molar-refractivity contribution in [3.63, 3.8) is 0 Å². The van der Waals surface area contributed by atoms with Crippen molar-refractivity contribution in [2.45, 2.75) is 19.9 Å². The fourth-order valence-electron chi connectivity index (χ4n) is 2.82. The molecule has 1 amide bonds. The number of hydrogen-bond donors (Lipinski definition) is 2. The molecular weight excluding hydrogens is 345 g/mol. The van der Waals surface area contributed by atoms with Gasteiger partial charge in [0.15, 0.2) is 5.82 Å². The smallest absolute Gasteiger partial charge is 0.244 e. The van der Waals surface area contributed by atoms with Crippen LogP contribution in [0.15, 0.2) is 59.1 Å². The maximum atomic E-state index is 13.6. The predicted molar refractivity (Wildman–Crippen MR) is 103 cm³/mol. The van der Waals surface area contributed by atoms with Crippen molar-refractivity contribution in [2.24, 2.45) is 0 Å². The van der Waals surface area contributed by atoms with Gasteiger partial charge in [0, 0.05) is 11.6 Å². The van der Waals surface area contributed by atoms with Gasteiger partial charge in [-0.15, -0.1) is 0 Å². The van der Waals surface area contributed by atoms with E-state index in [0.29, 0.717) is 17.1 Å². The molecule has 1 aromatic heterocycles. The first kappa shape index (κ1) is 18.4. The highest BCUT2D eigenvalue weighted by Crippen LogP contribution is 2.30. The molecule has 0 spiro atoms. The number of aromatic nitrogens is 1. The van der Waals surface area contributed by atoms with Gasteiger partial charge in [0.1, 0.15) is 11.6 Å². The van der Waals surface area contributed by atoms with Gasteiger partial charge >= 0.3 is 0 Å². The summed E-state index contributed by atoms with van der Waals surface area (Å²) in [5.74, 6) is 0.282. The SMILES string of the molecule is Cc1onc(N)c1-c1cccc(C(C)NC(=O)C=Cc2ccccc2F)c1. The van der Waals surface area contributed by atoms with Gasteiger partial charge in [-0.3, -0.25) is 4.79 Å². The van der Waals surface area contributed by atoms with Gasteiger partial charge in [0.05, 0.1) is 11.6 Å². The average molecular weight is 365 g/mol. The fraction of sp³-hybridized carbons (Fsp3) is 0.143.